The lowest BCUT2D eigenvalue weighted by Gasteiger charge is -1.74. The first-order valence-corrected chi connectivity index (χ1v) is 2.36. The summed E-state index contributed by atoms with van der Waals surface area (Å²) in [6, 6.07) is 0. The number of nitrogens with one attached hydrogen (secondary N) is 2. The van der Waals surface area contributed by atoms with Crippen LogP contribution in [0.15, 0.2) is 12.4 Å². The zero-order valence-corrected chi connectivity index (χ0v) is 4.56. The van der Waals surface area contributed by atoms with E-state index in [9.17, 15) is 4.79 Å². The van der Waals surface area contributed by atoms with Crippen LogP contribution in [-0.4, -0.2) is 10.9 Å². The molecule has 0 aromatic carbocycles. The number of hydrogen-bond donors (Lipinski definition) is 1. The maximum absolute atomic E-state index is 10.5. The molecule has 2 N–H and O–H groups in total. The van der Waals surface area contributed by atoms with E-state index in [0.717, 1.165) is 0 Å². The molecule has 8 heavy (non-hydrogen) atoms. The van der Waals surface area contributed by atoms with E-state index in [-0.39, 0.29) is 5.78 Å². The molecular weight excluding hydrogens is 104 g/mol. The second-order valence-corrected chi connectivity index (χ2v) is 1.59. The Morgan fingerprint density at radius 2 is 2.62 bits per heavy atom. The quantitative estimate of drug-likeness (QED) is 0.511. The molecule has 42 valence electrons. The maximum Gasteiger partial charge on any atom is 0.203 e. The molecule has 1 heterocycles. The first kappa shape index (κ1) is 5.03. The fourth-order valence-corrected chi connectivity index (χ4v) is 0.484. The lowest BCUT2D eigenvalue weighted by atomic mass is 10.3. The molecule has 0 spiro atoms. The Morgan fingerprint density at radius 1 is 1.88 bits per heavy atom. The summed E-state index contributed by atoms with van der Waals surface area (Å²) in [6.45, 7) is 1.52. The zero-order valence-electron chi connectivity index (χ0n) is 4.56. The van der Waals surface area contributed by atoms with Crippen molar-refractivity contribution in [3.05, 3.63) is 18.0 Å². The molecule has 0 aliphatic carbocycles. The van der Waals surface area contributed by atoms with E-state index in [2.05, 4.69) is 10.2 Å². The molecule has 1 aromatic rings. The molecule has 3 heteroatoms. The Hall–Kier alpha value is -1.12. The summed E-state index contributed by atoms with van der Waals surface area (Å²) in [7, 11) is 0. The van der Waals surface area contributed by atoms with Gasteiger partial charge in [0.25, 0.3) is 0 Å². The summed E-state index contributed by atoms with van der Waals surface area (Å²) < 4.78 is 0. The predicted molar refractivity (Wildman–Crippen MR) is 27.4 cm³/mol. The van der Waals surface area contributed by atoms with Gasteiger partial charge in [-0.05, 0) is 6.92 Å². The molecule has 3 nitrogen and oxygen atoms in total. The van der Waals surface area contributed by atoms with Crippen molar-refractivity contribution in [2.75, 3.05) is 0 Å². The SMILES string of the molecule is CC(=O)c1c[nH][nH+]c1. The summed E-state index contributed by atoms with van der Waals surface area (Å²) in [5.74, 6) is 0.0718. The van der Waals surface area contributed by atoms with Crippen molar-refractivity contribution in [2.24, 2.45) is 0 Å². The molecule has 0 aliphatic heterocycles. The predicted octanol–water partition coefficient (Wildman–Crippen LogP) is 0.0314. The Bertz CT molecular complexity index is 178. The summed E-state index contributed by atoms with van der Waals surface area (Å²) in [6.07, 6.45) is 3.25. The maximum atomic E-state index is 10.5. The van der Waals surface area contributed by atoms with Crippen LogP contribution in [0.4, 0.5) is 0 Å². The van der Waals surface area contributed by atoms with Crippen LogP contribution in [0.5, 0.6) is 0 Å². The smallest absolute Gasteiger partial charge is 0.203 e. The number of aromatic nitrogens is 2. The minimum absolute atomic E-state index is 0.0718. The highest BCUT2D eigenvalue weighted by atomic mass is 16.1. The van der Waals surface area contributed by atoms with Crippen molar-refractivity contribution in [1.82, 2.24) is 5.10 Å². The van der Waals surface area contributed by atoms with Crippen LogP contribution < -0.4 is 5.10 Å². The number of carbonyl (C=O) groups excluding carboxylic acids is 1. The van der Waals surface area contributed by atoms with Crippen molar-refractivity contribution in [3.63, 3.8) is 0 Å². The second kappa shape index (κ2) is 1.78. The van der Waals surface area contributed by atoms with Gasteiger partial charge in [-0.2, -0.15) is 5.10 Å². The van der Waals surface area contributed by atoms with Gasteiger partial charge < -0.3 is 0 Å². The van der Waals surface area contributed by atoms with Crippen LogP contribution in [0.2, 0.25) is 0 Å². The first-order chi connectivity index (χ1) is 3.80. The number of carbonyl (C=O) groups is 1. The molecule has 0 amide bonds. The number of ketones is 1. The van der Waals surface area contributed by atoms with Gasteiger partial charge in [0.2, 0.25) is 6.20 Å². The molecular formula is C5H7N2O+. The Labute approximate surface area is 46.7 Å². The van der Waals surface area contributed by atoms with Crippen LogP contribution in [0.25, 0.3) is 0 Å². The monoisotopic (exact) mass is 111 g/mol. The van der Waals surface area contributed by atoms with Gasteiger partial charge in [0, 0.05) is 0 Å². The minimum Gasteiger partial charge on any atom is -0.294 e. The molecule has 0 radical (unpaired) electrons. The van der Waals surface area contributed by atoms with Crippen molar-refractivity contribution in [1.29, 1.82) is 0 Å². The largest absolute Gasteiger partial charge is 0.294 e. The highest BCUT2D eigenvalue weighted by Crippen LogP contribution is 1.89. The van der Waals surface area contributed by atoms with E-state index < -0.39 is 0 Å². The molecule has 0 atom stereocenters. The van der Waals surface area contributed by atoms with Gasteiger partial charge in [-0.1, -0.05) is 0 Å². The van der Waals surface area contributed by atoms with E-state index in [4.69, 9.17) is 0 Å². The number of aromatic amines is 2. The highest BCUT2D eigenvalue weighted by molar-refractivity contribution is 5.93. The van der Waals surface area contributed by atoms with E-state index in [1.807, 2.05) is 0 Å². The van der Waals surface area contributed by atoms with Gasteiger partial charge >= 0.3 is 0 Å². The third kappa shape index (κ3) is 0.753. The summed E-state index contributed by atoms with van der Waals surface area (Å²) in [5, 5.41) is 5.33. The van der Waals surface area contributed by atoms with Gasteiger partial charge in [-0.15, -0.1) is 5.10 Å². The highest BCUT2D eigenvalue weighted by Gasteiger charge is 2.00. The van der Waals surface area contributed by atoms with Gasteiger partial charge in [0.15, 0.2) is 5.78 Å². The number of Topliss-reactive ketones (excluding diaryl/α,β-unsaturated/α-hetero) is 1. The van der Waals surface area contributed by atoms with Gasteiger partial charge in [0.1, 0.15) is 5.56 Å². The average molecular weight is 111 g/mol. The third-order valence-electron chi connectivity index (χ3n) is 0.945. The van der Waals surface area contributed by atoms with Crippen LogP contribution in [0, 0.1) is 0 Å². The Morgan fingerprint density at radius 3 is 2.88 bits per heavy atom. The second-order valence-electron chi connectivity index (χ2n) is 1.59. The number of hydrogen-bond acceptors (Lipinski definition) is 1. The molecule has 1 aromatic heterocycles. The molecule has 0 unspecified atom stereocenters. The topological polar surface area (TPSA) is 47.0 Å². The fourth-order valence-electron chi connectivity index (χ4n) is 0.484. The summed E-state index contributed by atoms with van der Waals surface area (Å²) in [5.41, 5.74) is 0.685. The minimum atomic E-state index is 0.0718. The van der Waals surface area contributed by atoms with Gasteiger partial charge in [-0.25, -0.2) is 0 Å². The Kier molecular flexibility index (Phi) is 1.12. The van der Waals surface area contributed by atoms with Crippen molar-refractivity contribution < 1.29 is 9.89 Å². The average Bonchev–Trinajstić information content (AvgIpc) is 2.12. The van der Waals surface area contributed by atoms with Crippen molar-refractivity contribution in [3.8, 4) is 0 Å². The van der Waals surface area contributed by atoms with Gasteiger partial charge in [-0.3, -0.25) is 4.79 Å². The van der Waals surface area contributed by atoms with E-state index in [1.54, 1.807) is 12.4 Å². The lowest BCUT2D eigenvalue weighted by Crippen LogP contribution is -1.97. The summed E-state index contributed by atoms with van der Waals surface area (Å²) in [4.78, 5) is 10.5. The van der Waals surface area contributed by atoms with Gasteiger partial charge in [0.05, 0.1) is 6.20 Å². The third-order valence-corrected chi connectivity index (χ3v) is 0.945. The molecule has 0 saturated heterocycles. The van der Waals surface area contributed by atoms with E-state index in [1.165, 1.54) is 6.92 Å². The lowest BCUT2D eigenvalue weighted by molar-refractivity contribution is -0.449. The van der Waals surface area contributed by atoms with Crippen LogP contribution in [0.1, 0.15) is 17.3 Å². The fraction of sp³-hybridized carbons (Fsp3) is 0.200. The van der Waals surface area contributed by atoms with Crippen LogP contribution in [-0.2, 0) is 0 Å². The van der Waals surface area contributed by atoms with Crippen LogP contribution in [0.3, 0.4) is 0 Å². The molecule has 0 fully saturated rings. The Balaban J connectivity index is 2.93. The first-order valence-electron chi connectivity index (χ1n) is 2.36. The van der Waals surface area contributed by atoms with E-state index >= 15 is 0 Å². The number of rotatable bonds is 1. The zero-order chi connectivity index (χ0) is 5.98. The molecule has 1 rings (SSSR count). The number of H-pyrrole nitrogens is 2. The molecule has 0 saturated carbocycles. The summed E-state index contributed by atoms with van der Waals surface area (Å²) >= 11 is 0. The van der Waals surface area contributed by atoms with E-state index in [0.29, 0.717) is 5.56 Å². The normalized spacial score (nSPS) is 9.12. The van der Waals surface area contributed by atoms with Crippen LogP contribution >= 0.6 is 0 Å². The molecule has 0 bridgehead atoms. The standard InChI is InChI=1S/C5H6N2O/c1-4(8)5-2-6-7-3-5/h2-3H,1H3,(H,6,7)/p+1. The van der Waals surface area contributed by atoms with Crippen molar-refractivity contribution in [2.45, 2.75) is 6.92 Å². The molecule has 0 aliphatic rings. The van der Waals surface area contributed by atoms with Crippen molar-refractivity contribution >= 4 is 5.78 Å².